The monoisotopic (exact) mass is 367 g/mol. The third-order valence-electron chi connectivity index (χ3n) is 3.50. The molecule has 27 heavy (non-hydrogen) atoms. The summed E-state index contributed by atoms with van der Waals surface area (Å²) in [5.74, 6) is 0.131. The average Bonchev–Trinajstić information content (AvgIpc) is 2.67. The maximum Gasteiger partial charge on any atom is 0.311 e. The number of amides is 1. The molecule has 0 bridgehead atoms. The third-order valence-corrected chi connectivity index (χ3v) is 3.50. The third kappa shape index (κ3) is 5.06. The summed E-state index contributed by atoms with van der Waals surface area (Å²) in [7, 11) is 1.32. The Kier molecular flexibility index (Phi) is 6.49. The number of rotatable bonds is 7. The van der Waals surface area contributed by atoms with Crippen LogP contribution in [0.15, 0.2) is 48.0 Å². The van der Waals surface area contributed by atoms with Crippen molar-refractivity contribution in [1.82, 2.24) is 0 Å². The van der Waals surface area contributed by atoms with Crippen molar-refractivity contribution in [2.24, 2.45) is 0 Å². The fourth-order valence-electron chi connectivity index (χ4n) is 2.25. The van der Waals surface area contributed by atoms with Crippen LogP contribution in [0.2, 0.25) is 0 Å². The van der Waals surface area contributed by atoms with Crippen LogP contribution in [0.3, 0.4) is 0 Å². The summed E-state index contributed by atoms with van der Waals surface area (Å²) in [6, 6.07) is 12.7. The summed E-state index contributed by atoms with van der Waals surface area (Å²) in [6.45, 7) is 2.39. The fraction of sp³-hybridized carbons (Fsp3) is 0.158. The molecule has 8 nitrogen and oxygen atoms in total. The van der Waals surface area contributed by atoms with Crippen LogP contribution in [-0.2, 0) is 4.79 Å². The largest absolute Gasteiger partial charge is 0.494 e. The smallest absolute Gasteiger partial charge is 0.311 e. The molecule has 2 rings (SSSR count). The predicted octanol–water partition coefficient (Wildman–Crippen LogP) is 3.55. The minimum Gasteiger partial charge on any atom is -0.494 e. The molecule has 138 valence electrons. The SMILES string of the molecule is CCOc1ccc(NC(=O)/C(C#N)=C\c2ccc(OC)c([N+](=O)[O-])c2)cc1. The Labute approximate surface area is 155 Å². The zero-order chi connectivity index (χ0) is 19.8. The van der Waals surface area contributed by atoms with Gasteiger partial charge in [-0.05, 0) is 48.9 Å². The fourth-order valence-corrected chi connectivity index (χ4v) is 2.25. The van der Waals surface area contributed by atoms with Gasteiger partial charge in [0.25, 0.3) is 5.91 Å². The molecule has 0 aliphatic rings. The molecule has 0 atom stereocenters. The number of benzene rings is 2. The number of nitro benzene ring substituents is 1. The lowest BCUT2D eigenvalue weighted by molar-refractivity contribution is -0.385. The lowest BCUT2D eigenvalue weighted by Crippen LogP contribution is -2.13. The van der Waals surface area contributed by atoms with E-state index < -0.39 is 10.8 Å². The van der Waals surface area contributed by atoms with E-state index in [0.29, 0.717) is 23.6 Å². The number of hydrogen-bond donors (Lipinski definition) is 1. The highest BCUT2D eigenvalue weighted by Gasteiger charge is 2.16. The summed E-state index contributed by atoms with van der Waals surface area (Å²) in [6.07, 6.45) is 1.27. The van der Waals surface area contributed by atoms with Gasteiger partial charge >= 0.3 is 5.69 Å². The van der Waals surface area contributed by atoms with E-state index in [1.54, 1.807) is 30.3 Å². The number of anilines is 1. The maximum atomic E-state index is 12.3. The molecule has 0 radical (unpaired) electrons. The van der Waals surface area contributed by atoms with Crippen molar-refractivity contribution >= 4 is 23.4 Å². The number of hydrogen-bond acceptors (Lipinski definition) is 6. The molecular formula is C19H17N3O5. The maximum absolute atomic E-state index is 12.3. The molecule has 0 aliphatic heterocycles. The van der Waals surface area contributed by atoms with Gasteiger partial charge in [-0.2, -0.15) is 5.26 Å². The number of nitro groups is 1. The van der Waals surface area contributed by atoms with Crippen LogP contribution in [0, 0.1) is 21.4 Å². The zero-order valence-corrected chi connectivity index (χ0v) is 14.8. The molecule has 2 aromatic carbocycles. The first kappa shape index (κ1) is 19.5. The van der Waals surface area contributed by atoms with Crippen molar-refractivity contribution in [3.63, 3.8) is 0 Å². The van der Waals surface area contributed by atoms with Gasteiger partial charge in [0.15, 0.2) is 5.75 Å². The molecule has 0 aromatic heterocycles. The van der Waals surface area contributed by atoms with Crippen LogP contribution in [0.25, 0.3) is 6.08 Å². The summed E-state index contributed by atoms with van der Waals surface area (Å²) in [5.41, 5.74) is 0.380. The minimum absolute atomic E-state index is 0.0921. The summed E-state index contributed by atoms with van der Waals surface area (Å²) in [5, 5.41) is 23.0. The first-order valence-electron chi connectivity index (χ1n) is 7.97. The number of nitrogens with zero attached hydrogens (tertiary/aromatic N) is 2. The summed E-state index contributed by atoms with van der Waals surface area (Å²) in [4.78, 5) is 22.8. The van der Waals surface area contributed by atoms with Gasteiger partial charge in [-0.25, -0.2) is 0 Å². The lowest BCUT2D eigenvalue weighted by atomic mass is 10.1. The van der Waals surface area contributed by atoms with E-state index in [1.165, 1.54) is 31.4 Å². The van der Waals surface area contributed by atoms with E-state index in [0.717, 1.165) is 0 Å². The Morgan fingerprint density at radius 3 is 2.56 bits per heavy atom. The van der Waals surface area contributed by atoms with Crippen LogP contribution in [0.4, 0.5) is 11.4 Å². The van der Waals surface area contributed by atoms with Crippen LogP contribution >= 0.6 is 0 Å². The first-order valence-corrected chi connectivity index (χ1v) is 7.97. The molecule has 0 saturated carbocycles. The van der Waals surface area contributed by atoms with E-state index in [1.807, 2.05) is 6.92 Å². The number of carbonyl (C=O) groups excluding carboxylic acids is 1. The van der Waals surface area contributed by atoms with Gasteiger partial charge < -0.3 is 14.8 Å². The second-order valence-electron chi connectivity index (χ2n) is 5.27. The van der Waals surface area contributed by atoms with E-state index in [-0.39, 0.29) is 17.0 Å². The first-order chi connectivity index (χ1) is 13.0. The van der Waals surface area contributed by atoms with Crippen molar-refractivity contribution in [3.8, 4) is 17.6 Å². The van der Waals surface area contributed by atoms with Gasteiger partial charge in [-0.15, -0.1) is 0 Å². The standard InChI is InChI=1S/C19H17N3O5/c1-3-27-16-7-5-15(6-8-16)21-19(23)14(12-20)10-13-4-9-18(26-2)17(11-13)22(24)25/h4-11H,3H2,1-2H3,(H,21,23)/b14-10-. The van der Waals surface area contributed by atoms with Gasteiger partial charge in [0.2, 0.25) is 0 Å². The van der Waals surface area contributed by atoms with Gasteiger partial charge in [-0.1, -0.05) is 6.07 Å². The molecule has 0 aliphatic carbocycles. The Balaban J connectivity index is 2.22. The Morgan fingerprint density at radius 1 is 1.30 bits per heavy atom. The summed E-state index contributed by atoms with van der Waals surface area (Å²) >= 11 is 0. The molecule has 0 saturated heterocycles. The van der Waals surface area contributed by atoms with Crippen LogP contribution in [0.5, 0.6) is 11.5 Å². The van der Waals surface area contributed by atoms with Crippen LogP contribution < -0.4 is 14.8 Å². The van der Waals surface area contributed by atoms with Gasteiger partial charge in [-0.3, -0.25) is 14.9 Å². The van der Waals surface area contributed by atoms with Crippen molar-refractivity contribution in [1.29, 1.82) is 5.26 Å². The van der Waals surface area contributed by atoms with E-state index >= 15 is 0 Å². The molecule has 1 N–H and O–H groups in total. The summed E-state index contributed by atoms with van der Waals surface area (Å²) < 4.78 is 10.3. The number of methoxy groups -OCH3 is 1. The highest BCUT2D eigenvalue weighted by molar-refractivity contribution is 6.09. The molecule has 0 heterocycles. The molecular weight excluding hydrogens is 350 g/mol. The molecule has 0 spiro atoms. The highest BCUT2D eigenvalue weighted by Crippen LogP contribution is 2.28. The van der Waals surface area contributed by atoms with Crippen LogP contribution in [-0.4, -0.2) is 24.5 Å². The van der Waals surface area contributed by atoms with Crippen molar-refractivity contribution in [2.75, 3.05) is 19.0 Å². The van der Waals surface area contributed by atoms with E-state index in [2.05, 4.69) is 5.32 Å². The molecule has 0 fully saturated rings. The van der Waals surface area contributed by atoms with Gasteiger partial charge in [0.05, 0.1) is 18.6 Å². The van der Waals surface area contributed by atoms with Crippen LogP contribution in [0.1, 0.15) is 12.5 Å². The molecule has 0 unspecified atom stereocenters. The predicted molar refractivity (Wildman–Crippen MR) is 99.5 cm³/mol. The zero-order valence-electron chi connectivity index (χ0n) is 14.8. The highest BCUT2D eigenvalue weighted by atomic mass is 16.6. The van der Waals surface area contributed by atoms with Crippen molar-refractivity contribution < 1.29 is 19.2 Å². The quantitative estimate of drug-likeness (QED) is 0.346. The van der Waals surface area contributed by atoms with Crippen molar-refractivity contribution in [2.45, 2.75) is 6.92 Å². The number of carbonyl (C=O) groups is 1. The second-order valence-corrected chi connectivity index (χ2v) is 5.27. The van der Waals surface area contributed by atoms with E-state index in [4.69, 9.17) is 9.47 Å². The number of nitrogens with one attached hydrogen (secondary N) is 1. The van der Waals surface area contributed by atoms with Gasteiger partial charge in [0, 0.05) is 11.8 Å². The molecule has 8 heteroatoms. The van der Waals surface area contributed by atoms with E-state index in [9.17, 15) is 20.2 Å². The average molecular weight is 367 g/mol. The number of ether oxygens (including phenoxy) is 2. The van der Waals surface area contributed by atoms with Crippen molar-refractivity contribution in [3.05, 3.63) is 63.7 Å². The second kappa shape index (κ2) is 9.01. The lowest BCUT2D eigenvalue weighted by Gasteiger charge is -2.07. The Bertz CT molecular complexity index is 914. The Morgan fingerprint density at radius 2 is 2.00 bits per heavy atom. The molecule has 1 amide bonds. The van der Waals surface area contributed by atoms with Gasteiger partial charge in [0.1, 0.15) is 17.4 Å². The topological polar surface area (TPSA) is 114 Å². The Hall–Kier alpha value is -3.86. The number of nitriles is 1. The molecule has 2 aromatic rings. The normalized spacial score (nSPS) is 10.6. The minimum atomic E-state index is -0.625.